The van der Waals surface area contributed by atoms with Gasteiger partial charge in [-0.25, -0.2) is 0 Å². The Balaban J connectivity index is 2.38. The zero-order valence-electron chi connectivity index (χ0n) is 10.2. The van der Waals surface area contributed by atoms with Gasteiger partial charge in [0.25, 0.3) is 0 Å². The Labute approximate surface area is 89.1 Å². The molecule has 1 rings (SSSR count). The lowest BCUT2D eigenvalue weighted by Gasteiger charge is -2.28. The smallest absolute Gasteiger partial charge is 0.0166 e. The number of hydrogen-bond acceptors (Lipinski definition) is 2. The fourth-order valence-corrected chi connectivity index (χ4v) is 2.05. The van der Waals surface area contributed by atoms with Crippen LogP contribution < -0.4 is 5.32 Å². The molecule has 1 N–H and O–H groups in total. The molecule has 0 spiro atoms. The quantitative estimate of drug-likeness (QED) is 0.747. The highest BCUT2D eigenvalue weighted by Crippen LogP contribution is 2.11. The Hall–Kier alpha value is -0.0800. The van der Waals surface area contributed by atoms with Crippen LogP contribution in [-0.2, 0) is 0 Å². The predicted octanol–water partition coefficient (Wildman–Crippen LogP) is 2.10. The molecule has 2 heteroatoms. The summed E-state index contributed by atoms with van der Waals surface area (Å²) in [5, 5.41) is 3.55. The summed E-state index contributed by atoms with van der Waals surface area (Å²) >= 11 is 0. The fourth-order valence-electron chi connectivity index (χ4n) is 2.05. The maximum absolute atomic E-state index is 3.55. The molecule has 0 amide bonds. The van der Waals surface area contributed by atoms with E-state index in [2.05, 4.69) is 37.9 Å². The first-order valence-corrected chi connectivity index (χ1v) is 6.07. The second-order valence-corrected chi connectivity index (χ2v) is 5.17. The molecule has 0 aromatic heterocycles. The Morgan fingerprint density at radius 1 is 1.36 bits per heavy atom. The molecule has 1 aliphatic heterocycles. The molecule has 14 heavy (non-hydrogen) atoms. The van der Waals surface area contributed by atoms with Gasteiger partial charge in [0.15, 0.2) is 0 Å². The van der Waals surface area contributed by atoms with Crippen LogP contribution in [0.1, 0.15) is 40.5 Å². The molecule has 2 atom stereocenters. The Morgan fingerprint density at radius 2 is 2.07 bits per heavy atom. The van der Waals surface area contributed by atoms with Crippen LogP contribution in [0.5, 0.6) is 0 Å². The van der Waals surface area contributed by atoms with Crippen LogP contribution in [0.3, 0.4) is 0 Å². The molecule has 84 valence electrons. The Kier molecular flexibility index (Phi) is 4.90. The summed E-state index contributed by atoms with van der Waals surface area (Å²) in [4.78, 5) is 2.64. The van der Waals surface area contributed by atoms with Crippen LogP contribution >= 0.6 is 0 Å². The van der Waals surface area contributed by atoms with Crippen LogP contribution in [0.25, 0.3) is 0 Å². The first kappa shape index (κ1) is 12.0. The van der Waals surface area contributed by atoms with Crippen molar-refractivity contribution in [2.45, 2.75) is 52.6 Å². The molecule has 1 fully saturated rings. The van der Waals surface area contributed by atoms with Crippen LogP contribution in [0.4, 0.5) is 0 Å². The first-order valence-electron chi connectivity index (χ1n) is 6.07. The molecule has 0 aromatic rings. The van der Waals surface area contributed by atoms with E-state index in [-0.39, 0.29) is 0 Å². The Morgan fingerprint density at radius 3 is 2.71 bits per heavy atom. The standard InChI is InChI=1S/C12H26N2/c1-10(2)6-8-14-9-11(3)13-7-5-12(14)4/h10-13H,5-9H2,1-4H3. The van der Waals surface area contributed by atoms with E-state index in [4.69, 9.17) is 0 Å². The lowest BCUT2D eigenvalue weighted by Crippen LogP contribution is -2.39. The third kappa shape index (κ3) is 3.97. The lowest BCUT2D eigenvalue weighted by atomic mass is 10.1. The minimum Gasteiger partial charge on any atom is -0.313 e. The van der Waals surface area contributed by atoms with Gasteiger partial charge in [0.1, 0.15) is 0 Å². The molecule has 1 saturated heterocycles. The number of rotatable bonds is 3. The highest BCUT2D eigenvalue weighted by molar-refractivity contribution is 4.78. The molecule has 0 bridgehead atoms. The lowest BCUT2D eigenvalue weighted by molar-refractivity contribution is 0.196. The summed E-state index contributed by atoms with van der Waals surface area (Å²) in [6, 6.07) is 1.42. The van der Waals surface area contributed by atoms with Gasteiger partial charge in [-0.05, 0) is 45.7 Å². The average Bonchev–Trinajstić information content (AvgIpc) is 2.25. The average molecular weight is 198 g/mol. The van der Waals surface area contributed by atoms with E-state index in [1.54, 1.807) is 0 Å². The summed E-state index contributed by atoms with van der Waals surface area (Å²) in [6.45, 7) is 12.9. The van der Waals surface area contributed by atoms with E-state index >= 15 is 0 Å². The van der Waals surface area contributed by atoms with E-state index in [1.807, 2.05) is 0 Å². The molecular formula is C12H26N2. The van der Waals surface area contributed by atoms with Crippen molar-refractivity contribution in [3.63, 3.8) is 0 Å². The summed E-state index contributed by atoms with van der Waals surface area (Å²) in [6.07, 6.45) is 2.62. The molecule has 0 aromatic carbocycles. The molecule has 1 aliphatic rings. The largest absolute Gasteiger partial charge is 0.313 e. The summed E-state index contributed by atoms with van der Waals surface area (Å²) in [5.41, 5.74) is 0. The minimum absolute atomic E-state index is 0.659. The van der Waals surface area contributed by atoms with E-state index in [9.17, 15) is 0 Å². The van der Waals surface area contributed by atoms with Gasteiger partial charge in [-0.1, -0.05) is 13.8 Å². The number of nitrogens with zero attached hydrogens (tertiary/aromatic N) is 1. The van der Waals surface area contributed by atoms with Crippen molar-refractivity contribution >= 4 is 0 Å². The maximum atomic E-state index is 3.55. The van der Waals surface area contributed by atoms with E-state index in [0.717, 1.165) is 12.0 Å². The van der Waals surface area contributed by atoms with E-state index in [0.29, 0.717) is 6.04 Å². The van der Waals surface area contributed by atoms with Crippen LogP contribution in [0, 0.1) is 5.92 Å². The first-order chi connectivity index (χ1) is 6.59. The van der Waals surface area contributed by atoms with Gasteiger partial charge in [-0.2, -0.15) is 0 Å². The molecule has 0 radical (unpaired) electrons. The molecule has 1 heterocycles. The van der Waals surface area contributed by atoms with Crippen LogP contribution in [0.2, 0.25) is 0 Å². The molecule has 2 nitrogen and oxygen atoms in total. The van der Waals surface area contributed by atoms with Crippen molar-refractivity contribution in [2.24, 2.45) is 5.92 Å². The van der Waals surface area contributed by atoms with Crippen molar-refractivity contribution in [3.05, 3.63) is 0 Å². The number of hydrogen-bond donors (Lipinski definition) is 1. The highest BCUT2D eigenvalue weighted by atomic mass is 15.2. The van der Waals surface area contributed by atoms with Crippen molar-refractivity contribution in [1.82, 2.24) is 10.2 Å². The summed E-state index contributed by atoms with van der Waals surface area (Å²) in [7, 11) is 0. The normalized spacial score (nSPS) is 30.6. The zero-order valence-corrected chi connectivity index (χ0v) is 10.2. The minimum atomic E-state index is 0.659. The topological polar surface area (TPSA) is 15.3 Å². The van der Waals surface area contributed by atoms with Gasteiger partial charge in [-0.15, -0.1) is 0 Å². The molecule has 2 unspecified atom stereocenters. The molecule has 0 aliphatic carbocycles. The van der Waals surface area contributed by atoms with Gasteiger partial charge < -0.3 is 5.32 Å². The molecular weight excluding hydrogens is 172 g/mol. The van der Waals surface area contributed by atoms with Gasteiger partial charge in [0.2, 0.25) is 0 Å². The third-order valence-corrected chi connectivity index (χ3v) is 3.18. The van der Waals surface area contributed by atoms with Crippen molar-refractivity contribution < 1.29 is 0 Å². The van der Waals surface area contributed by atoms with Crippen LogP contribution in [0.15, 0.2) is 0 Å². The van der Waals surface area contributed by atoms with E-state index in [1.165, 1.54) is 32.5 Å². The summed E-state index contributed by atoms with van der Waals surface area (Å²) < 4.78 is 0. The van der Waals surface area contributed by atoms with Crippen LogP contribution in [-0.4, -0.2) is 36.6 Å². The van der Waals surface area contributed by atoms with Crippen molar-refractivity contribution in [3.8, 4) is 0 Å². The second-order valence-electron chi connectivity index (χ2n) is 5.17. The third-order valence-electron chi connectivity index (χ3n) is 3.18. The number of nitrogens with one attached hydrogen (secondary N) is 1. The monoisotopic (exact) mass is 198 g/mol. The van der Waals surface area contributed by atoms with E-state index < -0.39 is 0 Å². The zero-order chi connectivity index (χ0) is 10.6. The van der Waals surface area contributed by atoms with Gasteiger partial charge in [0, 0.05) is 18.6 Å². The van der Waals surface area contributed by atoms with Gasteiger partial charge in [0.05, 0.1) is 0 Å². The fraction of sp³-hybridized carbons (Fsp3) is 1.00. The van der Waals surface area contributed by atoms with Crippen molar-refractivity contribution in [2.75, 3.05) is 19.6 Å². The Bertz CT molecular complexity index is 156. The van der Waals surface area contributed by atoms with Crippen molar-refractivity contribution in [1.29, 1.82) is 0 Å². The highest BCUT2D eigenvalue weighted by Gasteiger charge is 2.19. The molecule has 0 saturated carbocycles. The summed E-state index contributed by atoms with van der Waals surface area (Å²) in [5.74, 6) is 0.828. The predicted molar refractivity (Wildman–Crippen MR) is 62.6 cm³/mol. The van der Waals surface area contributed by atoms with Gasteiger partial charge >= 0.3 is 0 Å². The maximum Gasteiger partial charge on any atom is 0.0166 e. The van der Waals surface area contributed by atoms with Gasteiger partial charge in [-0.3, -0.25) is 4.90 Å². The SMILES string of the molecule is CC(C)CCN1CC(C)NCCC1C. The second kappa shape index (κ2) is 5.72.